The van der Waals surface area contributed by atoms with Gasteiger partial charge in [0.05, 0.1) is 6.21 Å². The van der Waals surface area contributed by atoms with Crippen molar-refractivity contribution in [2.75, 3.05) is 5.32 Å². The number of rotatable bonds is 3. The SMILES string of the molecule is O=C(NN=Cc1ccccc1O)C(=O)Nc1cccc(Br)c1. The molecule has 0 radical (unpaired) electrons. The van der Waals surface area contributed by atoms with Crippen LogP contribution in [0.1, 0.15) is 5.56 Å². The maximum absolute atomic E-state index is 11.7. The largest absolute Gasteiger partial charge is 0.507 e. The molecule has 2 aromatic rings. The first-order valence-electron chi connectivity index (χ1n) is 6.24. The maximum atomic E-state index is 11.7. The van der Waals surface area contributed by atoms with Crippen LogP contribution >= 0.6 is 15.9 Å². The van der Waals surface area contributed by atoms with Gasteiger partial charge in [0, 0.05) is 15.7 Å². The zero-order chi connectivity index (χ0) is 15.9. The van der Waals surface area contributed by atoms with Crippen LogP contribution in [-0.4, -0.2) is 23.1 Å². The lowest BCUT2D eigenvalue weighted by Crippen LogP contribution is -2.32. The number of hydrazone groups is 1. The number of benzene rings is 2. The molecule has 0 heterocycles. The average Bonchev–Trinajstić information content (AvgIpc) is 2.49. The number of phenols is 1. The van der Waals surface area contributed by atoms with Gasteiger partial charge in [0.15, 0.2) is 0 Å². The van der Waals surface area contributed by atoms with Crippen LogP contribution in [0.4, 0.5) is 5.69 Å². The van der Waals surface area contributed by atoms with Crippen LogP contribution in [0.25, 0.3) is 0 Å². The zero-order valence-corrected chi connectivity index (χ0v) is 12.9. The van der Waals surface area contributed by atoms with Crippen molar-refractivity contribution in [2.45, 2.75) is 0 Å². The van der Waals surface area contributed by atoms with Crippen molar-refractivity contribution in [1.29, 1.82) is 0 Å². The molecule has 22 heavy (non-hydrogen) atoms. The van der Waals surface area contributed by atoms with Crippen molar-refractivity contribution in [3.05, 3.63) is 58.6 Å². The van der Waals surface area contributed by atoms with E-state index in [4.69, 9.17) is 0 Å². The highest BCUT2D eigenvalue weighted by Gasteiger charge is 2.12. The summed E-state index contributed by atoms with van der Waals surface area (Å²) in [4.78, 5) is 23.3. The first-order chi connectivity index (χ1) is 10.6. The van der Waals surface area contributed by atoms with Gasteiger partial charge in [0.25, 0.3) is 0 Å². The Morgan fingerprint density at radius 2 is 1.86 bits per heavy atom. The van der Waals surface area contributed by atoms with Crippen LogP contribution in [0.5, 0.6) is 5.75 Å². The first kappa shape index (κ1) is 15.7. The van der Waals surface area contributed by atoms with E-state index in [1.807, 2.05) is 0 Å². The molecule has 0 saturated carbocycles. The van der Waals surface area contributed by atoms with Crippen LogP contribution in [0.15, 0.2) is 58.1 Å². The molecule has 0 aromatic heterocycles. The highest BCUT2D eigenvalue weighted by atomic mass is 79.9. The first-order valence-corrected chi connectivity index (χ1v) is 7.03. The number of halogens is 1. The molecular weight excluding hydrogens is 350 g/mol. The Bertz CT molecular complexity index is 731. The van der Waals surface area contributed by atoms with E-state index in [1.54, 1.807) is 42.5 Å². The van der Waals surface area contributed by atoms with Crippen LogP contribution in [0.3, 0.4) is 0 Å². The molecule has 0 atom stereocenters. The number of anilines is 1. The molecule has 112 valence electrons. The van der Waals surface area contributed by atoms with E-state index in [2.05, 4.69) is 31.8 Å². The summed E-state index contributed by atoms with van der Waals surface area (Å²) in [5, 5.41) is 15.6. The van der Waals surface area contributed by atoms with E-state index in [0.29, 0.717) is 11.3 Å². The smallest absolute Gasteiger partial charge is 0.329 e. The minimum Gasteiger partial charge on any atom is -0.507 e. The van der Waals surface area contributed by atoms with Crippen LogP contribution in [0.2, 0.25) is 0 Å². The Morgan fingerprint density at radius 1 is 1.09 bits per heavy atom. The topological polar surface area (TPSA) is 90.8 Å². The van der Waals surface area contributed by atoms with Crippen molar-refractivity contribution in [2.24, 2.45) is 5.10 Å². The number of aromatic hydroxyl groups is 1. The van der Waals surface area contributed by atoms with Crippen LogP contribution < -0.4 is 10.7 Å². The Morgan fingerprint density at radius 3 is 2.59 bits per heavy atom. The maximum Gasteiger partial charge on any atom is 0.329 e. The highest BCUT2D eigenvalue weighted by Crippen LogP contribution is 2.15. The number of para-hydroxylation sites is 1. The Labute approximate surface area is 135 Å². The lowest BCUT2D eigenvalue weighted by atomic mass is 10.2. The summed E-state index contributed by atoms with van der Waals surface area (Å²) < 4.78 is 0.781. The molecule has 3 N–H and O–H groups in total. The lowest BCUT2D eigenvalue weighted by Gasteiger charge is -2.04. The van der Waals surface area contributed by atoms with E-state index in [-0.39, 0.29) is 5.75 Å². The van der Waals surface area contributed by atoms with Crippen molar-refractivity contribution in [3.8, 4) is 5.75 Å². The van der Waals surface area contributed by atoms with E-state index < -0.39 is 11.8 Å². The number of nitrogens with one attached hydrogen (secondary N) is 2. The molecule has 0 aliphatic heterocycles. The molecule has 0 unspecified atom stereocenters. The molecule has 0 bridgehead atoms. The molecule has 0 spiro atoms. The molecule has 0 aliphatic carbocycles. The molecule has 2 amide bonds. The Hall–Kier alpha value is -2.67. The van der Waals surface area contributed by atoms with Gasteiger partial charge < -0.3 is 10.4 Å². The standard InChI is InChI=1S/C15H12BrN3O3/c16-11-5-3-6-12(8-11)18-14(21)15(22)19-17-9-10-4-1-2-7-13(10)20/h1-9,20H,(H,18,21)(H,19,22). The van der Waals surface area contributed by atoms with Gasteiger partial charge in [-0.1, -0.05) is 34.1 Å². The molecule has 2 aromatic carbocycles. The fourth-order valence-electron chi connectivity index (χ4n) is 1.56. The Kier molecular flexibility index (Phi) is 5.26. The second-order valence-corrected chi connectivity index (χ2v) is 5.14. The number of hydrogen-bond acceptors (Lipinski definition) is 4. The number of carbonyl (C=O) groups is 2. The van der Waals surface area contributed by atoms with Gasteiger partial charge in [-0.05, 0) is 30.3 Å². The summed E-state index contributed by atoms with van der Waals surface area (Å²) in [7, 11) is 0. The highest BCUT2D eigenvalue weighted by molar-refractivity contribution is 9.10. The molecular formula is C15H12BrN3O3. The summed E-state index contributed by atoms with van der Waals surface area (Å²) in [5.74, 6) is -1.72. The van der Waals surface area contributed by atoms with Crippen LogP contribution in [0, 0.1) is 0 Å². The number of phenolic OH excluding ortho intramolecular Hbond substituents is 1. The second-order valence-electron chi connectivity index (χ2n) is 4.22. The van der Waals surface area contributed by atoms with Crippen molar-refractivity contribution in [1.82, 2.24) is 5.43 Å². The molecule has 2 rings (SSSR count). The van der Waals surface area contributed by atoms with E-state index in [0.717, 1.165) is 4.47 Å². The minimum absolute atomic E-state index is 0.0269. The van der Waals surface area contributed by atoms with Gasteiger partial charge >= 0.3 is 11.8 Å². The average molecular weight is 362 g/mol. The summed E-state index contributed by atoms with van der Waals surface area (Å²) in [5.41, 5.74) is 3.00. The van der Waals surface area contributed by atoms with Gasteiger partial charge in [-0.2, -0.15) is 5.10 Å². The molecule has 6 nitrogen and oxygen atoms in total. The summed E-state index contributed by atoms with van der Waals surface area (Å²) in [6, 6.07) is 13.3. The van der Waals surface area contributed by atoms with Crippen molar-refractivity contribution in [3.63, 3.8) is 0 Å². The van der Waals surface area contributed by atoms with E-state index in [1.165, 1.54) is 12.3 Å². The number of hydrogen-bond donors (Lipinski definition) is 3. The predicted octanol–water partition coefficient (Wildman–Crippen LogP) is 2.24. The number of carbonyl (C=O) groups excluding carboxylic acids is 2. The van der Waals surface area contributed by atoms with Crippen molar-refractivity contribution >= 4 is 39.6 Å². The fourth-order valence-corrected chi connectivity index (χ4v) is 1.96. The van der Waals surface area contributed by atoms with E-state index in [9.17, 15) is 14.7 Å². The third-order valence-corrected chi connectivity index (χ3v) is 3.09. The lowest BCUT2D eigenvalue weighted by molar-refractivity contribution is -0.136. The van der Waals surface area contributed by atoms with Gasteiger partial charge in [-0.15, -0.1) is 0 Å². The van der Waals surface area contributed by atoms with E-state index >= 15 is 0 Å². The van der Waals surface area contributed by atoms with Crippen LogP contribution in [-0.2, 0) is 9.59 Å². The summed E-state index contributed by atoms with van der Waals surface area (Å²) in [6.45, 7) is 0. The second kappa shape index (κ2) is 7.37. The zero-order valence-electron chi connectivity index (χ0n) is 11.3. The molecule has 7 heteroatoms. The monoisotopic (exact) mass is 361 g/mol. The third kappa shape index (κ3) is 4.42. The fraction of sp³-hybridized carbons (Fsp3) is 0. The third-order valence-electron chi connectivity index (χ3n) is 2.60. The number of nitrogens with zero attached hydrogens (tertiary/aromatic N) is 1. The Balaban J connectivity index is 1.92. The van der Waals surface area contributed by atoms with Crippen molar-refractivity contribution < 1.29 is 14.7 Å². The number of amides is 2. The normalized spacial score (nSPS) is 10.4. The molecule has 0 fully saturated rings. The van der Waals surface area contributed by atoms with Gasteiger partial charge in [0.2, 0.25) is 0 Å². The predicted molar refractivity (Wildman–Crippen MR) is 86.6 cm³/mol. The summed E-state index contributed by atoms with van der Waals surface area (Å²) >= 11 is 3.26. The van der Waals surface area contributed by atoms with Gasteiger partial charge in [0.1, 0.15) is 5.75 Å². The summed E-state index contributed by atoms with van der Waals surface area (Å²) in [6.07, 6.45) is 1.25. The molecule has 0 aliphatic rings. The molecule has 0 saturated heterocycles. The van der Waals surface area contributed by atoms with Gasteiger partial charge in [-0.3, -0.25) is 9.59 Å². The quantitative estimate of drug-likeness (QED) is 0.444. The minimum atomic E-state index is -0.911. The van der Waals surface area contributed by atoms with Gasteiger partial charge in [-0.25, -0.2) is 5.43 Å².